The summed E-state index contributed by atoms with van der Waals surface area (Å²) in [6.45, 7) is 5.85. The van der Waals surface area contributed by atoms with Crippen LogP contribution < -0.4 is 0 Å². The molecule has 5 nitrogen and oxygen atoms in total. The minimum absolute atomic E-state index is 0.144. The number of carboxylic acid groups (broad SMARTS) is 1. The molecule has 16 heavy (non-hydrogen) atoms. The maximum atomic E-state index is 11.8. The smallest absolute Gasteiger partial charge is 0.411 e. The first-order valence-electron chi connectivity index (χ1n) is 5.52. The molecule has 0 radical (unpaired) electrons. The number of aliphatic carboxylic acids is 1. The molecule has 5 heteroatoms. The van der Waals surface area contributed by atoms with Gasteiger partial charge in [0.15, 0.2) is 0 Å². The molecule has 0 aromatic heterocycles. The normalized spacial score (nSPS) is 32.2. The van der Waals surface area contributed by atoms with Crippen LogP contribution in [0.3, 0.4) is 0 Å². The number of hydrogen-bond donors (Lipinski definition) is 1. The zero-order valence-corrected chi connectivity index (χ0v) is 9.77. The molecule has 3 atom stereocenters. The first kappa shape index (κ1) is 11.2. The second-order valence-electron chi connectivity index (χ2n) is 5.58. The highest BCUT2D eigenvalue weighted by atomic mass is 16.6. The van der Waals surface area contributed by atoms with Gasteiger partial charge in [-0.15, -0.1) is 0 Å². The van der Waals surface area contributed by atoms with Crippen LogP contribution in [0.15, 0.2) is 0 Å². The Morgan fingerprint density at radius 3 is 2.50 bits per heavy atom. The molecule has 1 saturated heterocycles. The van der Waals surface area contributed by atoms with E-state index in [0.29, 0.717) is 12.5 Å². The number of carbonyl (C=O) groups is 2. The lowest BCUT2D eigenvalue weighted by Gasteiger charge is -2.28. The van der Waals surface area contributed by atoms with Crippen LogP contribution >= 0.6 is 0 Å². The van der Waals surface area contributed by atoms with Crippen molar-refractivity contribution in [1.29, 1.82) is 0 Å². The Balaban J connectivity index is 2.04. The molecule has 2 fully saturated rings. The molecule has 2 rings (SSSR count). The topological polar surface area (TPSA) is 66.8 Å². The van der Waals surface area contributed by atoms with Gasteiger partial charge in [0.1, 0.15) is 11.6 Å². The van der Waals surface area contributed by atoms with Gasteiger partial charge in [0, 0.05) is 6.54 Å². The van der Waals surface area contributed by atoms with Gasteiger partial charge in [0.05, 0.1) is 0 Å². The molecule has 1 aliphatic carbocycles. The van der Waals surface area contributed by atoms with Crippen LogP contribution in [0.1, 0.15) is 27.2 Å². The van der Waals surface area contributed by atoms with Crippen LogP contribution in [0, 0.1) is 11.8 Å². The highest BCUT2D eigenvalue weighted by Crippen LogP contribution is 2.49. The number of fused-ring (bicyclic) bond motifs is 1. The summed E-state index contributed by atoms with van der Waals surface area (Å²) in [6.07, 6.45) is 0.420. The Morgan fingerprint density at radius 1 is 1.38 bits per heavy atom. The first-order chi connectivity index (χ1) is 7.29. The molecule has 0 aromatic rings. The van der Waals surface area contributed by atoms with Crippen molar-refractivity contribution < 1.29 is 19.4 Å². The Morgan fingerprint density at radius 2 is 2.00 bits per heavy atom. The van der Waals surface area contributed by atoms with Gasteiger partial charge in [-0.1, -0.05) is 0 Å². The quantitative estimate of drug-likeness (QED) is 0.733. The lowest BCUT2D eigenvalue weighted by atomic mass is 10.2. The van der Waals surface area contributed by atoms with E-state index < -0.39 is 23.7 Å². The highest BCUT2D eigenvalue weighted by molar-refractivity contribution is 5.82. The van der Waals surface area contributed by atoms with E-state index in [1.165, 1.54) is 4.90 Å². The van der Waals surface area contributed by atoms with E-state index in [4.69, 9.17) is 9.84 Å². The number of rotatable bonds is 1. The number of nitrogens with zero attached hydrogens (tertiary/aromatic N) is 1. The van der Waals surface area contributed by atoms with Crippen LogP contribution in [-0.4, -0.2) is 40.3 Å². The molecule has 0 aromatic carbocycles. The summed E-state index contributed by atoms with van der Waals surface area (Å²) < 4.78 is 5.19. The third kappa shape index (κ3) is 1.99. The van der Waals surface area contributed by atoms with Crippen molar-refractivity contribution in [2.24, 2.45) is 11.8 Å². The van der Waals surface area contributed by atoms with Gasteiger partial charge >= 0.3 is 12.1 Å². The SMILES string of the molecule is CC(C)(C)OC(=O)N1CC2C[C@@H]2[C@H]1C(=O)O. The average molecular weight is 227 g/mol. The molecule has 0 bridgehead atoms. The number of carboxylic acids is 1. The number of amides is 1. The van der Waals surface area contributed by atoms with E-state index in [9.17, 15) is 9.59 Å². The van der Waals surface area contributed by atoms with Crippen LogP contribution in [0.2, 0.25) is 0 Å². The highest BCUT2D eigenvalue weighted by Gasteiger charge is 2.57. The molecular formula is C11H17NO4. The number of likely N-dealkylation sites (tertiary alicyclic amines) is 1. The number of carbonyl (C=O) groups excluding carboxylic acids is 1. The summed E-state index contributed by atoms with van der Waals surface area (Å²) in [7, 11) is 0. The Hall–Kier alpha value is -1.26. The largest absolute Gasteiger partial charge is 0.480 e. The van der Waals surface area contributed by atoms with E-state index in [1.807, 2.05) is 0 Å². The minimum Gasteiger partial charge on any atom is -0.480 e. The maximum Gasteiger partial charge on any atom is 0.411 e. The van der Waals surface area contributed by atoms with Gasteiger partial charge < -0.3 is 9.84 Å². The maximum absolute atomic E-state index is 11.8. The van der Waals surface area contributed by atoms with Crippen molar-refractivity contribution in [3.8, 4) is 0 Å². The predicted molar refractivity (Wildman–Crippen MR) is 56.0 cm³/mol. The van der Waals surface area contributed by atoms with Gasteiger partial charge in [0.2, 0.25) is 0 Å². The number of ether oxygens (including phenoxy) is 1. The van der Waals surface area contributed by atoms with Gasteiger partial charge in [-0.25, -0.2) is 9.59 Å². The van der Waals surface area contributed by atoms with Crippen molar-refractivity contribution in [2.45, 2.75) is 38.8 Å². The fourth-order valence-electron chi connectivity index (χ4n) is 2.29. The summed E-state index contributed by atoms with van der Waals surface area (Å²) in [4.78, 5) is 24.2. The van der Waals surface area contributed by atoms with Crippen LogP contribution in [0.5, 0.6) is 0 Å². The van der Waals surface area contributed by atoms with Crippen LogP contribution in [-0.2, 0) is 9.53 Å². The van der Waals surface area contributed by atoms with Gasteiger partial charge in [0.25, 0.3) is 0 Å². The lowest BCUT2D eigenvalue weighted by molar-refractivity contribution is -0.142. The third-order valence-corrected chi connectivity index (χ3v) is 3.03. The number of hydrogen-bond acceptors (Lipinski definition) is 3. The fraction of sp³-hybridized carbons (Fsp3) is 0.818. The second-order valence-corrected chi connectivity index (χ2v) is 5.58. The Kier molecular flexibility index (Phi) is 2.36. The average Bonchev–Trinajstić information content (AvgIpc) is 2.73. The molecule has 1 saturated carbocycles. The van der Waals surface area contributed by atoms with E-state index in [1.54, 1.807) is 20.8 Å². The molecule has 1 aliphatic heterocycles. The minimum atomic E-state index is -0.921. The Bertz CT molecular complexity index is 333. The summed E-state index contributed by atoms with van der Waals surface area (Å²) in [5.41, 5.74) is -0.576. The molecule has 90 valence electrons. The summed E-state index contributed by atoms with van der Waals surface area (Å²) >= 11 is 0. The van der Waals surface area contributed by atoms with E-state index in [2.05, 4.69) is 0 Å². The number of piperidine rings is 1. The molecule has 2 aliphatic rings. The van der Waals surface area contributed by atoms with Crippen LogP contribution in [0.4, 0.5) is 4.79 Å². The van der Waals surface area contributed by atoms with Crippen LogP contribution in [0.25, 0.3) is 0 Å². The molecule has 0 spiro atoms. The zero-order chi connectivity index (χ0) is 12.1. The van der Waals surface area contributed by atoms with Crippen molar-refractivity contribution in [2.75, 3.05) is 6.54 Å². The molecule has 1 heterocycles. The molecular weight excluding hydrogens is 210 g/mol. The summed E-state index contributed by atoms with van der Waals surface area (Å²) in [6, 6.07) is -0.681. The van der Waals surface area contributed by atoms with Crippen molar-refractivity contribution >= 4 is 12.1 Å². The predicted octanol–water partition coefficient (Wildman–Crippen LogP) is 1.33. The second kappa shape index (κ2) is 3.37. The van der Waals surface area contributed by atoms with Crippen molar-refractivity contribution in [3.05, 3.63) is 0 Å². The lowest BCUT2D eigenvalue weighted by Crippen LogP contribution is -2.45. The van der Waals surface area contributed by atoms with Crippen molar-refractivity contribution in [3.63, 3.8) is 0 Å². The molecule has 1 unspecified atom stereocenters. The third-order valence-electron chi connectivity index (χ3n) is 3.03. The van der Waals surface area contributed by atoms with Gasteiger partial charge in [-0.05, 0) is 39.0 Å². The monoisotopic (exact) mass is 227 g/mol. The van der Waals surface area contributed by atoms with E-state index in [-0.39, 0.29) is 5.92 Å². The standard InChI is InChI=1S/C11H17NO4/c1-11(2,3)16-10(15)12-5-6-4-7(6)8(12)9(13)14/h6-8H,4-5H2,1-3H3,(H,13,14)/t6?,7-,8-/m0/s1. The van der Waals surface area contributed by atoms with Gasteiger partial charge in [-0.2, -0.15) is 0 Å². The van der Waals surface area contributed by atoms with Gasteiger partial charge in [-0.3, -0.25) is 4.90 Å². The Labute approximate surface area is 94.4 Å². The molecule has 1 amide bonds. The molecule has 1 N–H and O–H groups in total. The fourth-order valence-corrected chi connectivity index (χ4v) is 2.29. The van der Waals surface area contributed by atoms with E-state index >= 15 is 0 Å². The summed E-state index contributed by atoms with van der Waals surface area (Å²) in [5, 5.41) is 9.08. The first-order valence-corrected chi connectivity index (χ1v) is 5.52. The zero-order valence-electron chi connectivity index (χ0n) is 9.77. The van der Waals surface area contributed by atoms with Crippen molar-refractivity contribution in [1.82, 2.24) is 4.90 Å². The van der Waals surface area contributed by atoms with E-state index in [0.717, 1.165) is 6.42 Å². The summed E-state index contributed by atoms with van der Waals surface area (Å²) in [5.74, 6) is -0.408.